The van der Waals surface area contributed by atoms with Crippen LogP contribution in [0.25, 0.3) is 10.6 Å². The zero-order valence-corrected chi connectivity index (χ0v) is 9.05. The number of nitrogens with zero attached hydrogens (tertiary/aromatic N) is 1. The molecule has 0 fully saturated rings. The molecule has 15 heavy (non-hydrogen) atoms. The molecule has 0 aliphatic heterocycles. The van der Waals surface area contributed by atoms with E-state index in [1.807, 2.05) is 12.1 Å². The van der Waals surface area contributed by atoms with Gasteiger partial charge < -0.3 is 5.11 Å². The van der Waals surface area contributed by atoms with E-state index in [0.29, 0.717) is 10.0 Å². The number of thiazole rings is 1. The molecule has 0 spiro atoms. The number of carbonyl (C=O) groups is 1. The smallest absolute Gasteiger partial charge is 0.347 e. The first-order valence-electron chi connectivity index (χ1n) is 4.12. The number of hydrogen-bond acceptors (Lipinski definition) is 3. The fourth-order valence-corrected chi connectivity index (χ4v) is 1.99. The summed E-state index contributed by atoms with van der Waals surface area (Å²) in [7, 11) is 0. The van der Waals surface area contributed by atoms with Crippen LogP contribution in [0, 0.1) is 0 Å². The highest BCUT2D eigenvalue weighted by molar-refractivity contribution is 7.16. The van der Waals surface area contributed by atoms with Gasteiger partial charge in [-0.05, 0) is 12.1 Å². The monoisotopic (exact) mass is 239 g/mol. The molecule has 2 aromatic rings. The lowest BCUT2D eigenvalue weighted by Crippen LogP contribution is -1.89. The summed E-state index contributed by atoms with van der Waals surface area (Å²) in [6.07, 6.45) is 1.36. The molecule has 0 atom stereocenters. The highest BCUT2D eigenvalue weighted by Crippen LogP contribution is 2.26. The quantitative estimate of drug-likeness (QED) is 0.876. The Morgan fingerprint density at radius 3 is 2.53 bits per heavy atom. The lowest BCUT2D eigenvalue weighted by Gasteiger charge is -1.94. The molecule has 0 saturated carbocycles. The predicted octanol–water partition coefficient (Wildman–Crippen LogP) is 3.16. The fraction of sp³-hybridized carbons (Fsp3) is 0. The molecule has 0 aliphatic carbocycles. The molecular formula is C10H6ClNO2S. The van der Waals surface area contributed by atoms with E-state index in [2.05, 4.69) is 4.98 Å². The molecule has 76 valence electrons. The summed E-state index contributed by atoms with van der Waals surface area (Å²) in [4.78, 5) is 14.9. The summed E-state index contributed by atoms with van der Waals surface area (Å²) in [5, 5.41) is 10.1. The molecule has 1 heterocycles. The van der Waals surface area contributed by atoms with Crippen molar-refractivity contribution in [1.82, 2.24) is 4.98 Å². The van der Waals surface area contributed by atoms with Gasteiger partial charge in [-0.1, -0.05) is 23.7 Å². The summed E-state index contributed by atoms with van der Waals surface area (Å²) in [5.41, 5.74) is 0.872. The van der Waals surface area contributed by atoms with Gasteiger partial charge in [-0.25, -0.2) is 9.78 Å². The van der Waals surface area contributed by atoms with Crippen LogP contribution in [0.4, 0.5) is 0 Å². The molecule has 1 aromatic heterocycles. The van der Waals surface area contributed by atoms with Crippen molar-refractivity contribution >= 4 is 28.9 Å². The van der Waals surface area contributed by atoms with Gasteiger partial charge in [0.2, 0.25) is 0 Å². The zero-order chi connectivity index (χ0) is 10.8. The van der Waals surface area contributed by atoms with Gasteiger partial charge in [0, 0.05) is 10.6 Å². The molecule has 1 aromatic carbocycles. The highest BCUT2D eigenvalue weighted by Gasteiger charge is 2.09. The lowest BCUT2D eigenvalue weighted by molar-refractivity contribution is 0.0702. The number of aromatic carboxylic acids is 1. The number of hydrogen-bond donors (Lipinski definition) is 1. The first kappa shape index (κ1) is 10.1. The van der Waals surface area contributed by atoms with Crippen LogP contribution < -0.4 is 0 Å². The molecule has 0 bridgehead atoms. The third-order valence-corrected chi connectivity index (χ3v) is 3.09. The number of halogens is 1. The molecule has 5 heteroatoms. The molecule has 0 saturated heterocycles. The minimum absolute atomic E-state index is 0.236. The second-order valence-electron chi connectivity index (χ2n) is 2.84. The Kier molecular flexibility index (Phi) is 2.70. The second kappa shape index (κ2) is 4.00. The number of benzene rings is 1. The maximum Gasteiger partial charge on any atom is 0.347 e. The van der Waals surface area contributed by atoms with Crippen molar-refractivity contribution in [2.24, 2.45) is 0 Å². The van der Waals surface area contributed by atoms with Crippen molar-refractivity contribution in [3.63, 3.8) is 0 Å². The molecule has 1 N–H and O–H groups in total. The minimum Gasteiger partial charge on any atom is -0.477 e. The van der Waals surface area contributed by atoms with Crippen LogP contribution in [0.5, 0.6) is 0 Å². The summed E-state index contributed by atoms with van der Waals surface area (Å²) in [6.45, 7) is 0. The third-order valence-electron chi connectivity index (χ3n) is 1.81. The Morgan fingerprint density at radius 1 is 1.33 bits per heavy atom. The number of aromatic nitrogens is 1. The fourth-order valence-electron chi connectivity index (χ4n) is 1.10. The van der Waals surface area contributed by atoms with Crippen molar-refractivity contribution in [1.29, 1.82) is 0 Å². The normalized spacial score (nSPS) is 10.2. The van der Waals surface area contributed by atoms with E-state index in [1.165, 1.54) is 6.20 Å². The molecular weight excluding hydrogens is 234 g/mol. The Labute approximate surface area is 95.0 Å². The molecule has 0 radical (unpaired) electrons. The Hall–Kier alpha value is -1.39. The van der Waals surface area contributed by atoms with Crippen molar-refractivity contribution in [3.8, 4) is 10.6 Å². The summed E-state index contributed by atoms with van der Waals surface area (Å²) >= 11 is 6.89. The van der Waals surface area contributed by atoms with E-state index < -0.39 is 5.97 Å². The maximum atomic E-state index is 10.6. The van der Waals surface area contributed by atoms with Gasteiger partial charge in [-0.2, -0.15) is 0 Å². The van der Waals surface area contributed by atoms with E-state index in [4.69, 9.17) is 16.7 Å². The summed E-state index contributed by atoms with van der Waals surface area (Å²) in [6, 6.07) is 7.12. The highest BCUT2D eigenvalue weighted by atomic mass is 35.5. The zero-order valence-electron chi connectivity index (χ0n) is 7.48. The predicted molar refractivity (Wildman–Crippen MR) is 59.5 cm³/mol. The minimum atomic E-state index is -0.951. The Bertz CT molecular complexity index is 492. The van der Waals surface area contributed by atoms with Gasteiger partial charge in [-0.15, -0.1) is 11.3 Å². The van der Waals surface area contributed by atoms with Crippen LogP contribution in [-0.2, 0) is 0 Å². The lowest BCUT2D eigenvalue weighted by atomic mass is 10.2. The topological polar surface area (TPSA) is 50.2 Å². The van der Waals surface area contributed by atoms with Gasteiger partial charge in [0.1, 0.15) is 9.88 Å². The SMILES string of the molecule is O=C(O)c1cnc(-c2ccc(Cl)cc2)s1. The van der Waals surface area contributed by atoms with Crippen molar-refractivity contribution < 1.29 is 9.90 Å². The Morgan fingerprint density at radius 2 is 2.00 bits per heavy atom. The van der Waals surface area contributed by atoms with Gasteiger partial charge in [0.25, 0.3) is 0 Å². The van der Waals surface area contributed by atoms with Crippen LogP contribution in [0.15, 0.2) is 30.5 Å². The average molecular weight is 240 g/mol. The van der Waals surface area contributed by atoms with Gasteiger partial charge in [0.05, 0.1) is 6.20 Å². The number of rotatable bonds is 2. The van der Waals surface area contributed by atoms with E-state index >= 15 is 0 Å². The third kappa shape index (κ3) is 2.16. The summed E-state index contributed by atoms with van der Waals surface area (Å²) < 4.78 is 0. The van der Waals surface area contributed by atoms with Gasteiger partial charge in [0.15, 0.2) is 0 Å². The van der Waals surface area contributed by atoms with Crippen molar-refractivity contribution in [2.45, 2.75) is 0 Å². The van der Waals surface area contributed by atoms with Crippen LogP contribution in [0.3, 0.4) is 0 Å². The Balaban J connectivity index is 2.37. The van der Waals surface area contributed by atoms with Crippen molar-refractivity contribution in [2.75, 3.05) is 0 Å². The first-order chi connectivity index (χ1) is 7.16. The van der Waals surface area contributed by atoms with E-state index in [0.717, 1.165) is 16.9 Å². The molecule has 2 rings (SSSR count). The molecule has 3 nitrogen and oxygen atoms in total. The molecule has 0 aliphatic rings. The number of carboxylic acids is 1. The van der Waals surface area contributed by atoms with Crippen LogP contribution >= 0.6 is 22.9 Å². The van der Waals surface area contributed by atoms with E-state index in [1.54, 1.807) is 12.1 Å². The van der Waals surface area contributed by atoms with Crippen LogP contribution in [0.1, 0.15) is 9.67 Å². The van der Waals surface area contributed by atoms with E-state index in [-0.39, 0.29) is 4.88 Å². The van der Waals surface area contributed by atoms with Gasteiger partial charge >= 0.3 is 5.97 Å². The van der Waals surface area contributed by atoms with E-state index in [9.17, 15) is 4.79 Å². The van der Waals surface area contributed by atoms with Gasteiger partial charge in [-0.3, -0.25) is 0 Å². The average Bonchev–Trinajstić information content (AvgIpc) is 2.68. The second-order valence-corrected chi connectivity index (χ2v) is 4.31. The van der Waals surface area contributed by atoms with Crippen molar-refractivity contribution in [3.05, 3.63) is 40.4 Å². The number of carboxylic acid groups (broad SMARTS) is 1. The van der Waals surface area contributed by atoms with Crippen LogP contribution in [-0.4, -0.2) is 16.1 Å². The maximum absolute atomic E-state index is 10.6. The van der Waals surface area contributed by atoms with Crippen LogP contribution in [0.2, 0.25) is 5.02 Å². The molecule has 0 unspecified atom stereocenters. The molecule has 0 amide bonds. The first-order valence-corrected chi connectivity index (χ1v) is 5.31. The largest absolute Gasteiger partial charge is 0.477 e. The standard InChI is InChI=1S/C10H6ClNO2S/c11-7-3-1-6(2-4-7)9-12-5-8(15-9)10(13)14/h1-5H,(H,13,14). The summed E-state index contributed by atoms with van der Waals surface area (Å²) in [5.74, 6) is -0.951.